The number of hydrogen-bond donors (Lipinski definition) is 1. The number of rotatable bonds is 5. The van der Waals surface area contributed by atoms with Crippen LogP contribution in [0.4, 0.5) is 0 Å². The molecule has 3 heterocycles. The lowest BCUT2D eigenvalue weighted by Gasteiger charge is -2.14. The lowest BCUT2D eigenvalue weighted by molar-refractivity contribution is 0.517. The van der Waals surface area contributed by atoms with E-state index < -0.39 is 0 Å². The molecule has 0 aromatic carbocycles. The number of fused-ring (bicyclic) bond motifs is 1. The fourth-order valence-electron chi connectivity index (χ4n) is 2.08. The fourth-order valence-corrected chi connectivity index (χ4v) is 2.79. The van der Waals surface area contributed by atoms with Crippen LogP contribution in [0.1, 0.15) is 24.5 Å². The fraction of sp³-hybridized carbons (Fsp3) is 0.308. The van der Waals surface area contributed by atoms with Gasteiger partial charge in [0.1, 0.15) is 5.82 Å². The second kappa shape index (κ2) is 5.46. The van der Waals surface area contributed by atoms with Gasteiger partial charge in [0.25, 0.3) is 0 Å². The quantitative estimate of drug-likeness (QED) is 0.773. The van der Waals surface area contributed by atoms with Gasteiger partial charge in [-0.1, -0.05) is 6.92 Å². The Hall–Kier alpha value is -1.79. The van der Waals surface area contributed by atoms with E-state index in [0.717, 1.165) is 29.4 Å². The summed E-state index contributed by atoms with van der Waals surface area (Å²) in [6.45, 7) is 2.97. The average Bonchev–Trinajstić information content (AvgIpc) is 3.00. The van der Waals surface area contributed by atoms with Crippen LogP contribution in [0, 0.1) is 0 Å². The molecule has 1 N–H and O–H groups in total. The molecule has 0 aliphatic carbocycles. The Bertz CT molecular complexity index is 617. The normalized spacial score (nSPS) is 12.9. The zero-order valence-corrected chi connectivity index (χ0v) is 11.5. The second-order valence-electron chi connectivity index (χ2n) is 4.25. The van der Waals surface area contributed by atoms with Gasteiger partial charge in [0.2, 0.25) is 0 Å². The maximum atomic E-state index is 4.61. The molecule has 1 unspecified atom stereocenters. The predicted octanol–water partition coefficient (Wildman–Crippen LogP) is 2.08. The molecule has 19 heavy (non-hydrogen) atoms. The third-order valence-electron chi connectivity index (χ3n) is 2.90. The van der Waals surface area contributed by atoms with E-state index in [1.165, 1.54) is 0 Å². The van der Waals surface area contributed by atoms with E-state index in [2.05, 4.69) is 37.8 Å². The highest BCUT2D eigenvalue weighted by Crippen LogP contribution is 2.17. The molecule has 0 fully saturated rings. The molecule has 0 radical (unpaired) electrons. The van der Waals surface area contributed by atoms with E-state index in [1.807, 2.05) is 17.6 Å². The number of hydrogen-bond acceptors (Lipinski definition) is 5. The van der Waals surface area contributed by atoms with Gasteiger partial charge in [-0.3, -0.25) is 4.40 Å². The van der Waals surface area contributed by atoms with Crippen LogP contribution in [-0.2, 0) is 6.42 Å². The summed E-state index contributed by atoms with van der Waals surface area (Å²) in [5.41, 5.74) is 1.06. The number of aromatic nitrogens is 4. The Kier molecular flexibility index (Phi) is 3.52. The molecule has 3 aromatic rings. The minimum absolute atomic E-state index is 0.107. The molecule has 1 atom stereocenters. The highest BCUT2D eigenvalue weighted by Gasteiger charge is 2.15. The summed E-state index contributed by atoms with van der Waals surface area (Å²) >= 11 is 1.64. The van der Waals surface area contributed by atoms with Crippen LogP contribution in [0.5, 0.6) is 0 Å². The Balaban J connectivity index is 1.83. The Morgan fingerprint density at radius 2 is 2.21 bits per heavy atom. The minimum atomic E-state index is 0.107. The summed E-state index contributed by atoms with van der Waals surface area (Å²) in [4.78, 5) is 14.3. The molecule has 0 aliphatic rings. The molecule has 0 saturated carbocycles. The van der Waals surface area contributed by atoms with Gasteiger partial charge in [-0.25, -0.2) is 15.0 Å². The van der Waals surface area contributed by atoms with Crippen LogP contribution in [0.3, 0.4) is 0 Å². The molecule has 98 valence electrons. The second-order valence-corrected chi connectivity index (χ2v) is 5.12. The first kappa shape index (κ1) is 12.3. The number of nitrogens with one attached hydrogen (secondary N) is 1. The Morgan fingerprint density at radius 3 is 2.95 bits per heavy atom. The topological polar surface area (TPSA) is 55.1 Å². The first-order valence-electron chi connectivity index (χ1n) is 6.28. The van der Waals surface area contributed by atoms with Gasteiger partial charge in [-0.15, -0.1) is 11.3 Å². The average molecular weight is 273 g/mol. The largest absolute Gasteiger partial charge is 0.307 e. The molecule has 0 bridgehead atoms. The summed E-state index contributed by atoms with van der Waals surface area (Å²) in [7, 11) is 0. The van der Waals surface area contributed by atoms with Crippen molar-refractivity contribution in [3.63, 3.8) is 0 Å². The highest BCUT2D eigenvalue weighted by atomic mass is 32.1. The lowest BCUT2D eigenvalue weighted by Crippen LogP contribution is -2.25. The van der Waals surface area contributed by atoms with Gasteiger partial charge in [0.05, 0.1) is 11.7 Å². The van der Waals surface area contributed by atoms with E-state index in [-0.39, 0.29) is 6.04 Å². The summed E-state index contributed by atoms with van der Waals surface area (Å²) in [6, 6.07) is 1.94. The standard InChI is InChI=1S/C13H15N5S/c1-2-14-11(12-15-4-3-5-16-12)8-10-9-18-6-7-19-13(18)17-10/h3-7,9,11,14H,2,8H2,1H3. The van der Waals surface area contributed by atoms with E-state index in [1.54, 1.807) is 23.7 Å². The van der Waals surface area contributed by atoms with Crippen LogP contribution in [0.25, 0.3) is 4.96 Å². The van der Waals surface area contributed by atoms with Crippen molar-refractivity contribution in [1.29, 1.82) is 0 Å². The van der Waals surface area contributed by atoms with Gasteiger partial charge in [0.15, 0.2) is 4.96 Å². The van der Waals surface area contributed by atoms with E-state index >= 15 is 0 Å². The minimum Gasteiger partial charge on any atom is -0.307 e. The van der Waals surface area contributed by atoms with Gasteiger partial charge < -0.3 is 5.32 Å². The molecule has 0 aliphatic heterocycles. The van der Waals surface area contributed by atoms with Gasteiger partial charge in [-0.05, 0) is 12.6 Å². The molecule has 6 heteroatoms. The van der Waals surface area contributed by atoms with Crippen LogP contribution in [0.15, 0.2) is 36.2 Å². The van der Waals surface area contributed by atoms with Crippen molar-refractivity contribution in [3.8, 4) is 0 Å². The van der Waals surface area contributed by atoms with Crippen molar-refractivity contribution in [2.75, 3.05) is 6.54 Å². The zero-order chi connectivity index (χ0) is 13.1. The first-order valence-corrected chi connectivity index (χ1v) is 7.16. The van der Waals surface area contributed by atoms with Crippen molar-refractivity contribution in [2.24, 2.45) is 0 Å². The van der Waals surface area contributed by atoms with Crippen molar-refractivity contribution in [3.05, 3.63) is 47.8 Å². The van der Waals surface area contributed by atoms with E-state index in [9.17, 15) is 0 Å². The van der Waals surface area contributed by atoms with Crippen molar-refractivity contribution in [2.45, 2.75) is 19.4 Å². The third-order valence-corrected chi connectivity index (χ3v) is 3.68. The van der Waals surface area contributed by atoms with Crippen LogP contribution in [-0.4, -0.2) is 25.9 Å². The maximum absolute atomic E-state index is 4.61. The summed E-state index contributed by atoms with van der Waals surface area (Å²) in [6.07, 6.45) is 8.44. The molecule has 0 amide bonds. The number of nitrogens with zero attached hydrogens (tertiary/aromatic N) is 4. The molecule has 5 nitrogen and oxygen atoms in total. The molecular weight excluding hydrogens is 258 g/mol. The van der Waals surface area contributed by atoms with Crippen LogP contribution in [0.2, 0.25) is 0 Å². The number of thiazole rings is 1. The molecule has 3 rings (SSSR count). The summed E-state index contributed by atoms with van der Waals surface area (Å²) in [5.74, 6) is 0.820. The van der Waals surface area contributed by atoms with Gasteiger partial charge in [0, 0.05) is 36.6 Å². The van der Waals surface area contributed by atoms with Crippen molar-refractivity contribution < 1.29 is 0 Å². The van der Waals surface area contributed by atoms with Gasteiger partial charge in [-0.2, -0.15) is 0 Å². The van der Waals surface area contributed by atoms with Crippen molar-refractivity contribution >= 4 is 16.3 Å². The molecule has 0 spiro atoms. The monoisotopic (exact) mass is 273 g/mol. The molecular formula is C13H15N5S. The molecule has 3 aromatic heterocycles. The summed E-state index contributed by atoms with van der Waals surface area (Å²) in [5, 5.41) is 5.45. The van der Waals surface area contributed by atoms with Crippen LogP contribution < -0.4 is 5.32 Å². The Morgan fingerprint density at radius 1 is 1.37 bits per heavy atom. The SMILES string of the molecule is CCNC(Cc1cn2ccsc2n1)c1ncccn1. The first-order chi connectivity index (χ1) is 9.36. The van der Waals surface area contributed by atoms with Crippen molar-refractivity contribution in [1.82, 2.24) is 24.7 Å². The van der Waals surface area contributed by atoms with Gasteiger partial charge >= 0.3 is 0 Å². The van der Waals surface area contributed by atoms with Crippen LogP contribution >= 0.6 is 11.3 Å². The smallest absolute Gasteiger partial charge is 0.193 e. The zero-order valence-electron chi connectivity index (χ0n) is 10.7. The number of imidazole rings is 1. The Labute approximate surface area is 115 Å². The highest BCUT2D eigenvalue weighted by molar-refractivity contribution is 7.15. The maximum Gasteiger partial charge on any atom is 0.193 e. The number of likely N-dealkylation sites (N-methyl/N-ethyl adjacent to an activating group) is 1. The molecule has 0 saturated heterocycles. The van der Waals surface area contributed by atoms with E-state index in [0.29, 0.717) is 0 Å². The third kappa shape index (κ3) is 2.64. The van der Waals surface area contributed by atoms with E-state index in [4.69, 9.17) is 0 Å². The lowest BCUT2D eigenvalue weighted by atomic mass is 10.1. The summed E-state index contributed by atoms with van der Waals surface area (Å²) < 4.78 is 2.05. The predicted molar refractivity (Wildman–Crippen MR) is 75.2 cm³/mol.